The summed E-state index contributed by atoms with van der Waals surface area (Å²) in [4.78, 5) is 0. The zero-order valence-electron chi connectivity index (χ0n) is 21.1. The van der Waals surface area contributed by atoms with Crippen molar-refractivity contribution in [2.75, 3.05) is 13.7 Å². The molecule has 3 nitrogen and oxygen atoms in total. The SMILES string of the molecule is C=Cc1ccc(C(C(=C(C)C)C(C)(C)O)/C(C(=C)OCC)=C(\C)C(=C)C)c(C)c1.CN.[HH]. The quantitative estimate of drug-likeness (QED) is 0.251. The lowest BCUT2D eigenvalue weighted by atomic mass is 9.72. The Labute approximate surface area is 192 Å². The number of allylic oxidation sites excluding steroid dienone is 4. The van der Waals surface area contributed by atoms with Crippen LogP contribution in [0.4, 0.5) is 0 Å². The molecule has 0 bridgehead atoms. The van der Waals surface area contributed by atoms with Crippen LogP contribution in [0.1, 0.15) is 72.5 Å². The van der Waals surface area contributed by atoms with Gasteiger partial charge in [-0.2, -0.15) is 0 Å². The molecule has 31 heavy (non-hydrogen) atoms. The van der Waals surface area contributed by atoms with E-state index in [0.29, 0.717) is 12.4 Å². The van der Waals surface area contributed by atoms with E-state index in [1.54, 1.807) is 0 Å². The van der Waals surface area contributed by atoms with Crippen molar-refractivity contribution in [3.05, 3.63) is 88.3 Å². The summed E-state index contributed by atoms with van der Waals surface area (Å²) in [5.41, 5.74) is 11.8. The molecule has 0 heterocycles. The van der Waals surface area contributed by atoms with Crippen molar-refractivity contribution in [2.24, 2.45) is 5.73 Å². The van der Waals surface area contributed by atoms with Gasteiger partial charge in [0.15, 0.2) is 0 Å². The summed E-state index contributed by atoms with van der Waals surface area (Å²) < 4.78 is 5.89. The summed E-state index contributed by atoms with van der Waals surface area (Å²) in [6, 6.07) is 6.31. The molecule has 0 saturated heterocycles. The van der Waals surface area contributed by atoms with E-state index >= 15 is 0 Å². The molecule has 0 aliphatic heterocycles. The average molecular weight is 428 g/mol. The minimum Gasteiger partial charge on any atom is -0.494 e. The zero-order chi connectivity index (χ0) is 24.5. The molecule has 1 atom stereocenters. The Hall–Kier alpha value is -2.36. The van der Waals surface area contributed by atoms with Crippen LogP contribution in [-0.2, 0) is 4.74 Å². The highest BCUT2D eigenvalue weighted by atomic mass is 16.5. The number of nitrogens with two attached hydrogens (primary N) is 1. The smallest absolute Gasteiger partial charge is 0.116 e. The molecule has 0 saturated carbocycles. The Balaban J connectivity index is 0. The molecule has 0 aliphatic rings. The molecule has 0 radical (unpaired) electrons. The van der Waals surface area contributed by atoms with Crippen LogP contribution in [0.2, 0.25) is 0 Å². The van der Waals surface area contributed by atoms with Crippen LogP contribution in [-0.4, -0.2) is 24.4 Å². The standard InChI is InChI=1S/C27H38O2.CH5N.H2/c1-12-22-14-15-23(19(7)16-22)25(26(18(5)6)27(10,11)28)24(20(8)17(3)4)21(9)29-13-2;1-2;/h12,14-16,25,28H,1,3,9,13H2,2,4-8,10-11H3;2H2,1H3;1H/b24-20+;;. The van der Waals surface area contributed by atoms with E-state index in [2.05, 4.69) is 57.5 Å². The second-order valence-corrected chi connectivity index (χ2v) is 8.40. The average Bonchev–Trinajstić information content (AvgIpc) is 2.67. The summed E-state index contributed by atoms with van der Waals surface area (Å²) in [5.74, 6) is 0.419. The molecule has 0 amide bonds. The van der Waals surface area contributed by atoms with Gasteiger partial charge in [-0.3, -0.25) is 0 Å². The maximum absolute atomic E-state index is 11.2. The second-order valence-electron chi connectivity index (χ2n) is 8.40. The molecule has 3 heteroatoms. The van der Waals surface area contributed by atoms with Crippen molar-refractivity contribution in [3.63, 3.8) is 0 Å². The largest absolute Gasteiger partial charge is 0.494 e. The van der Waals surface area contributed by atoms with Gasteiger partial charge < -0.3 is 15.6 Å². The number of ether oxygens (including phenoxy) is 1. The highest BCUT2D eigenvalue weighted by molar-refractivity contribution is 5.57. The fourth-order valence-corrected chi connectivity index (χ4v) is 3.93. The maximum Gasteiger partial charge on any atom is 0.116 e. The second kappa shape index (κ2) is 12.5. The number of hydrogen-bond acceptors (Lipinski definition) is 3. The van der Waals surface area contributed by atoms with E-state index in [4.69, 9.17) is 4.74 Å². The number of aryl methyl sites for hydroxylation is 1. The molecular weight excluding hydrogens is 382 g/mol. The van der Waals surface area contributed by atoms with E-state index in [9.17, 15) is 5.11 Å². The van der Waals surface area contributed by atoms with Crippen LogP contribution in [0, 0.1) is 6.92 Å². The van der Waals surface area contributed by atoms with Crippen LogP contribution in [0.25, 0.3) is 6.08 Å². The number of hydrogen-bond donors (Lipinski definition) is 2. The third-order valence-electron chi connectivity index (χ3n) is 5.28. The summed E-state index contributed by atoms with van der Waals surface area (Å²) in [6.07, 6.45) is 1.85. The van der Waals surface area contributed by atoms with Crippen molar-refractivity contribution in [3.8, 4) is 0 Å². The molecule has 0 aliphatic carbocycles. The Morgan fingerprint density at radius 1 is 1.19 bits per heavy atom. The predicted octanol–water partition coefficient (Wildman–Crippen LogP) is 7.09. The van der Waals surface area contributed by atoms with Crippen LogP contribution in [0.5, 0.6) is 0 Å². The monoisotopic (exact) mass is 427 g/mol. The van der Waals surface area contributed by atoms with Gasteiger partial charge in [-0.25, -0.2) is 0 Å². The summed E-state index contributed by atoms with van der Waals surface area (Å²) >= 11 is 0. The normalized spacial score (nSPS) is 12.6. The van der Waals surface area contributed by atoms with Gasteiger partial charge in [-0.05, 0) is 90.3 Å². The molecule has 0 fully saturated rings. The van der Waals surface area contributed by atoms with E-state index in [1.807, 2.05) is 47.6 Å². The minimum atomic E-state index is -1.01. The number of rotatable bonds is 9. The van der Waals surface area contributed by atoms with E-state index in [1.165, 1.54) is 7.05 Å². The van der Waals surface area contributed by atoms with Crippen molar-refractivity contribution in [2.45, 2.75) is 66.9 Å². The zero-order valence-corrected chi connectivity index (χ0v) is 21.1. The van der Waals surface area contributed by atoms with Gasteiger partial charge in [0.1, 0.15) is 5.76 Å². The van der Waals surface area contributed by atoms with Gasteiger partial charge in [0.25, 0.3) is 0 Å². The lowest BCUT2D eigenvalue weighted by Gasteiger charge is -2.35. The molecule has 1 rings (SSSR count). The highest BCUT2D eigenvalue weighted by Crippen LogP contribution is 2.45. The molecule has 174 valence electrons. The Morgan fingerprint density at radius 3 is 2.10 bits per heavy atom. The molecule has 3 N–H and O–H groups in total. The van der Waals surface area contributed by atoms with Gasteiger partial charge in [0.05, 0.1) is 12.2 Å². The van der Waals surface area contributed by atoms with Crippen molar-refractivity contribution < 1.29 is 11.3 Å². The van der Waals surface area contributed by atoms with Crippen LogP contribution < -0.4 is 5.73 Å². The van der Waals surface area contributed by atoms with Crippen molar-refractivity contribution in [1.82, 2.24) is 0 Å². The highest BCUT2D eigenvalue weighted by Gasteiger charge is 2.35. The van der Waals surface area contributed by atoms with Gasteiger partial charge in [-0.1, -0.05) is 55.2 Å². The topological polar surface area (TPSA) is 55.5 Å². The number of benzene rings is 1. The Bertz CT molecular complexity index is 866. The summed E-state index contributed by atoms with van der Waals surface area (Å²) in [7, 11) is 1.50. The van der Waals surface area contributed by atoms with E-state index in [0.717, 1.165) is 44.6 Å². The van der Waals surface area contributed by atoms with Crippen LogP contribution in [0.15, 0.2) is 71.6 Å². The first kappa shape index (κ1) is 28.6. The fraction of sp³-hybridized carbons (Fsp3) is 0.429. The molecule has 0 spiro atoms. The first-order chi connectivity index (χ1) is 14.4. The number of aliphatic hydroxyl groups is 1. The van der Waals surface area contributed by atoms with Gasteiger partial charge in [-0.15, -0.1) is 0 Å². The fourth-order valence-electron chi connectivity index (χ4n) is 3.93. The molecular formula is C28H45NO2. The van der Waals surface area contributed by atoms with Crippen molar-refractivity contribution in [1.29, 1.82) is 0 Å². The summed E-state index contributed by atoms with van der Waals surface area (Å²) in [6.45, 7) is 28.7. The third kappa shape index (κ3) is 7.37. The first-order valence-electron chi connectivity index (χ1n) is 10.8. The lowest BCUT2D eigenvalue weighted by molar-refractivity contribution is 0.112. The predicted molar refractivity (Wildman–Crippen MR) is 139 cm³/mol. The van der Waals surface area contributed by atoms with E-state index < -0.39 is 5.60 Å². The van der Waals surface area contributed by atoms with Crippen LogP contribution in [0.3, 0.4) is 0 Å². The maximum atomic E-state index is 11.2. The van der Waals surface area contributed by atoms with E-state index in [-0.39, 0.29) is 7.34 Å². The first-order valence-corrected chi connectivity index (χ1v) is 10.8. The Morgan fingerprint density at radius 2 is 1.74 bits per heavy atom. The van der Waals surface area contributed by atoms with Crippen molar-refractivity contribution >= 4 is 6.08 Å². The van der Waals surface area contributed by atoms with Crippen LogP contribution >= 0.6 is 0 Å². The molecule has 1 aromatic rings. The lowest BCUT2D eigenvalue weighted by Crippen LogP contribution is -2.30. The van der Waals surface area contributed by atoms with Gasteiger partial charge >= 0.3 is 0 Å². The van der Waals surface area contributed by atoms with Gasteiger partial charge in [0.2, 0.25) is 0 Å². The Kier molecular flexibility index (Phi) is 11.5. The van der Waals surface area contributed by atoms with Gasteiger partial charge in [0, 0.05) is 12.9 Å². The molecule has 1 aromatic carbocycles. The summed E-state index contributed by atoms with van der Waals surface area (Å²) in [5, 5.41) is 11.2. The third-order valence-corrected chi connectivity index (χ3v) is 5.28. The molecule has 1 unspecified atom stereocenters. The minimum absolute atomic E-state index is 0. The molecule has 0 aromatic heterocycles.